The van der Waals surface area contributed by atoms with Crippen LogP contribution >= 0.6 is 34.5 Å². The first-order valence-electron chi connectivity index (χ1n) is 3.76. The molecule has 0 aliphatic carbocycles. The molecule has 1 aromatic heterocycles. The summed E-state index contributed by atoms with van der Waals surface area (Å²) >= 11 is 12.4. The lowest BCUT2D eigenvalue weighted by atomic mass is 10.6. The third kappa shape index (κ3) is 3.09. The molecule has 1 aromatic rings. The van der Waals surface area contributed by atoms with E-state index in [0.717, 1.165) is 11.3 Å². The number of thiophene rings is 1. The summed E-state index contributed by atoms with van der Waals surface area (Å²) in [6.45, 7) is 2.46. The first-order valence-corrected chi connectivity index (χ1v) is 5.33. The van der Waals surface area contributed by atoms with Crippen molar-refractivity contribution in [3.05, 3.63) is 10.0 Å². The Hall–Kier alpha value is -0.780. The number of esters is 2. The van der Waals surface area contributed by atoms with Gasteiger partial charge < -0.3 is 9.47 Å². The summed E-state index contributed by atoms with van der Waals surface area (Å²) in [5, 5.41) is 0.358. The number of carbonyl (C=O) groups excluding carboxylic acids is 2. The van der Waals surface area contributed by atoms with Crippen LogP contribution < -0.4 is 9.47 Å². The summed E-state index contributed by atoms with van der Waals surface area (Å²) in [4.78, 5) is 21.4. The van der Waals surface area contributed by atoms with Crippen molar-refractivity contribution in [1.29, 1.82) is 0 Å². The Morgan fingerprint density at radius 3 is 1.60 bits per heavy atom. The molecular formula is C8H6Cl2O4S. The van der Waals surface area contributed by atoms with E-state index in [4.69, 9.17) is 32.7 Å². The van der Waals surface area contributed by atoms with Gasteiger partial charge in [-0.1, -0.05) is 34.5 Å². The lowest BCUT2D eigenvalue weighted by Gasteiger charge is -1.95. The highest BCUT2D eigenvalue weighted by Crippen LogP contribution is 2.48. The van der Waals surface area contributed by atoms with Crippen LogP contribution in [0.2, 0.25) is 10.0 Å². The zero-order valence-corrected chi connectivity index (χ0v) is 10.1. The van der Waals surface area contributed by atoms with Crippen molar-refractivity contribution in [2.45, 2.75) is 13.8 Å². The molecule has 0 aliphatic rings. The molecule has 0 atom stereocenters. The normalized spacial score (nSPS) is 9.87. The number of carbonyl (C=O) groups is 2. The molecule has 0 aliphatic heterocycles. The molecule has 0 saturated heterocycles. The van der Waals surface area contributed by atoms with Gasteiger partial charge in [0.2, 0.25) is 10.1 Å². The maximum atomic E-state index is 10.7. The molecule has 0 unspecified atom stereocenters. The number of halogens is 2. The van der Waals surface area contributed by atoms with Crippen molar-refractivity contribution in [3.8, 4) is 10.1 Å². The van der Waals surface area contributed by atoms with Crippen molar-refractivity contribution in [3.63, 3.8) is 0 Å². The fourth-order valence-electron chi connectivity index (χ4n) is 0.745. The summed E-state index contributed by atoms with van der Waals surface area (Å²) in [7, 11) is 0. The van der Waals surface area contributed by atoms with Gasteiger partial charge in [-0.15, -0.1) is 0 Å². The van der Waals surface area contributed by atoms with E-state index >= 15 is 0 Å². The second-order valence-corrected chi connectivity index (χ2v) is 4.19. The van der Waals surface area contributed by atoms with Crippen molar-refractivity contribution in [1.82, 2.24) is 0 Å². The second kappa shape index (κ2) is 4.83. The monoisotopic (exact) mass is 268 g/mol. The summed E-state index contributed by atoms with van der Waals surface area (Å²) in [6.07, 6.45) is 0. The first kappa shape index (κ1) is 12.3. The number of hydrogen-bond donors (Lipinski definition) is 0. The maximum absolute atomic E-state index is 10.7. The third-order valence-electron chi connectivity index (χ3n) is 1.21. The molecule has 15 heavy (non-hydrogen) atoms. The average molecular weight is 269 g/mol. The van der Waals surface area contributed by atoms with E-state index < -0.39 is 11.9 Å². The minimum Gasteiger partial charge on any atom is -0.414 e. The Labute approximate surface area is 99.7 Å². The van der Waals surface area contributed by atoms with Gasteiger partial charge >= 0.3 is 11.9 Å². The van der Waals surface area contributed by atoms with Crippen LogP contribution in [-0.4, -0.2) is 11.9 Å². The van der Waals surface area contributed by atoms with Gasteiger partial charge in [0.05, 0.1) is 0 Å². The van der Waals surface area contributed by atoms with E-state index in [1.807, 2.05) is 0 Å². The van der Waals surface area contributed by atoms with Crippen LogP contribution in [0.1, 0.15) is 13.8 Å². The minimum absolute atomic E-state index is 0.0631. The molecule has 0 bridgehead atoms. The van der Waals surface area contributed by atoms with Gasteiger partial charge in [-0.25, -0.2) is 0 Å². The number of ether oxygens (including phenoxy) is 2. The molecule has 82 valence electrons. The molecule has 0 spiro atoms. The van der Waals surface area contributed by atoms with E-state index in [-0.39, 0.29) is 20.2 Å². The van der Waals surface area contributed by atoms with E-state index in [9.17, 15) is 9.59 Å². The topological polar surface area (TPSA) is 52.6 Å². The molecule has 0 radical (unpaired) electrons. The molecule has 0 fully saturated rings. The van der Waals surface area contributed by atoms with Crippen LogP contribution in [0.15, 0.2) is 0 Å². The highest BCUT2D eigenvalue weighted by Gasteiger charge is 2.20. The van der Waals surface area contributed by atoms with Gasteiger partial charge in [0.25, 0.3) is 0 Å². The molecular weight excluding hydrogens is 263 g/mol. The quantitative estimate of drug-likeness (QED) is 0.774. The van der Waals surface area contributed by atoms with Gasteiger partial charge in [-0.2, -0.15) is 0 Å². The van der Waals surface area contributed by atoms with E-state index in [2.05, 4.69) is 0 Å². The first-order chi connectivity index (χ1) is 6.91. The fraction of sp³-hybridized carbons (Fsp3) is 0.250. The second-order valence-electron chi connectivity index (χ2n) is 2.49. The zero-order chi connectivity index (χ0) is 11.6. The van der Waals surface area contributed by atoms with Crippen LogP contribution in [0, 0.1) is 0 Å². The van der Waals surface area contributed by atoms with Crippen LogP contribution in [0.3, 0.4) is 0 Å². The van der Waals surface area contributed by atoms with Crippen molar-refractivity contribution >= 4 is 46.5 Å². The standard InChI is InChI=1S/C8H6Cl2O4S/c1-3(11)13-7-5(9)6(10)8(15-7)14-4(2)12/h1-2H3. The molecule has 7 heteroatoms. The zero-order valence-electron chi connectivity index (χ0n) is 7.80. The highest BCUT2D eigenvalue weighted by molar-refractivity contribution is 7.17. The van der Waals surface area contributed by atoms with Crippen LogP contribution in [-0.2, 0) is 9.59 Å². The Balaban J connectivity index is 3.00. The number of rotatable bonds is 2. The molecule has 0 aromatic carbocycles. The molecule has 4 nitrogen and oxygen atoms in total. The molecule has 0 amide bonds. The van der Waals surface area contributed by atoms with Crippen LogP contribution in [0.5, 0.6) is 10.1 Å². The number of hydrogen-bond acceptors (Lipinski definition) is 5. The van der Waals surface area contributed by atoms with E-state index in [0.29, 0.717) is 0 Å². The fourth-order valence-corrected chi connectivity index (χ4v) is 2.21. The SMILES string of the molecule is CC(=O)Oc1sc(OC(C)=O)c(Cl)c1Cl. The Morgan fingerprint density at radius 2 is 1.33 bits per heavy atom. The Bertz CT molecular complexity index is 377. The van der Waals surface area contributed by atoms with Crippen LogP contribution in [0.25, 0.3) is 0 Å². The Morgan fingerprint density at radius 1 is 1.00 bits per heavy atom. The molecule has 1 rings (SSSR count). The molecule has 1 heterocycles. The van der Waals surface area contributed by atoms with Crippen molar-refractivity contribution < 1.29 is 19.1 Å². The highest BCUT2D eigenvalue weighted by atomic mass is 35.5. The third-order valence-corrected chi connectivity index (χ3v) is 3.20. The van der Waals surface area contributed by atoms with Crippen molar-refractivity contribution in [2.75, 3.05) is 0 Å². The van der Waals surface area contributed by atoms with Gasteiger partial charge in [0.15, 0.2) is 0 Å². The lowest BCUT2D eigenvalue weighted by Crippen LogP contribution is -2.00. The van der Waals surface area contributed by atoms with E-state index in [1.165, 1.54) is 13.8 Å². The summed E-state index contributed by atoms with van der Waals surface area (Å²) in [5.41, 5.74) is 0. The van der Waals surface area contributed by atoms with Gasteiger partial charge in [-0.05, 0) is 0 Å². The smallest absolute Gasteiger partial charge is 0.308 e. The summed E-state index contributed by atoms with van der Waals surface area (Å²) in [5.74, 6) is -1.05. The van der Waals surface area contributed by atoms with Gasteiger partial charge in [-0.3, -0.25) is 9.59 Å². The van der Waals surface area contributed by atoms with Gasteiger partial charge in [0, 0.05) is 13.8 Å². The van der Waals surface area contributed by atoms with Crippen LogP contribution in [0.4, 0.5) is 0 Å². The largest absolute Gasteiger partial charge is 0.414 e. The van der Waals surface area contributed by atoms with Gasteiger partial charge in [0.1, 0.15) is 10.0 Å². The lowest BCUT2D eigenvalue weighted by molar-refractivity contribution is -0.132. The predicted octanol–water partition coefficient (Wildman–Crippen LogP) is 2.91. The molecule has 0 N–H and O–H groups in total. The van der Waals surface area contributed by atoms with E-state index in [1.54, 1.807) is 0 Å². The summed E-state index contributed by atoms with van der Waals surface area (Å²) < 4.78 is 9.52. The predicted molar refractivity (Wildman–Crippen MR) is 57.0 cm³/mol. The maximum Gasteiger partial charge on any atom is 0.308 e. The van der Waals surface area contributed by atoms with Crippen molar-refractivity contribution in [2.24, 2.45) is 0 Å². The Kier molecular flexibility index (Phi) is 3.96. The average Bonchev–Trinajstić information content (AvgIpc) is 2.32. The summed E-state index contributed by atoms with van der Waals surface area (Å²) in [6, 6.07) is 0. The minimum atomic E-state index is -0.524. The molecule has 0 saturated carbocycles.